The standard InChI is InChI=1S/C22H24N2O2/c1-4-18-10-12-20(13-11-18)26-15-22(25)24-17(3)21(16(2)23-24)14-19-8-6-5-7-9-19/h5-13H,4,14-15H2,1-3H3. The van der Waals surface area contributed by atoms with E-state index in [-0.39, 0.29) is 12.5 Å². The quantitative estimate of drug-likeness (QED) is 0.664. The molecule has 0 spiro atoms. The maximum Gasteiger partial charge on any atom is 0.284 e. The average Bonchev–Trinajstić information content (AvgIpc) is 2.95. The van der Waals surface area contributed by atoms with Crippen molar-refractivity contribution in [1.29, 1.82) is 0 Å². The van der Waals surface area contributed by atoms with Gasteiger partial charge in [0, 0.05) is 17.7 Å². The van der Waals surface area contributed by atoms with E-state index >= 15 is 0 Å². The first kappa shape index (κ1) is 17.9. The van der Waals surface area contributed by atoms with Gasteiger partial charge in [-0.15, -0.1) is 0 Å². The maximum absolute atomic E-state index is 12.6. The molecule has 0 aliphatic carbocycles. The van der Waals surface area contributed by atoms with Crippen molar-refractivity contribution in [3.05, 3.63) is 82.7 Å². The molecule has 0 fully saturated rings. The van der Waals surface area contributed by atoms with Crippen LogP contribution in [0.3, 0.4) is 0 Å². The summed E-state index contributed by atoms with van der Waals surface area (Å²) in [6, 6.07) is 18.0. The van der Waals surface area contributed by atoms with Crippen LogP contribution in [-0.2, 0) is 12.8 Å². The van der Waals surface area contributed by atoms with Gasteiger partial charge in [-0.25, -0.2) is 4.68 Å². The summed E-state index contributed by atoms with van der Waals surface area (Å²) in [4.78, 5) is 12.6. The van der Waals surface area contributed by atoms with Gasteiger partial charge in [-0.2, -0.15) is 5.10 Å². The highest BCUT2D eigenvalue weighted by Gasteiger charge is 2.17. The van der Waals surface area contributed by atoms with Crippen LogP contribution in [0.15, 0.2) is 54.6 Å². The molecule has 2 aromatic carbocycles. The van der Waals surface area contributed by atoms with Gasteiger partial charge in [-0.1, -0.05) is 49.4 Å². The number of rotatable bonds is 6. The lowest BCUT2D eigenvalue weighted by atomic mass is 10.0. The highest BCUT2D eigenvalue weighted by atomic mass is 16.5. The van der Waals surface area contributed by atoms with Gasteiger partial charge < -0.3 is 4.74 Å². The zero-order chi connectivity index (χ0) is 18.5. The molecule has 0 unspecified atom stereocenters. The van der Waals surface area contributed by atoms with Gasteiger partial charge in [0.1, 0.15) is 5.75 Å². The number of hydrogen-bond donors (Lipinski definition) is 0. The Morgan fingerprint density at radius 1 is 1.00 bits per heavy atom. The zero-order valence-electron chi connectivity index (χ0n) is 15.5. The van der Waals surface area contributed by atoms with Crippen LogP contribution in [0.1, 0.15) is 39.8 Å². The molecule has 1 heterocycles. The predicted octanol–water partition coefficient (Wildman–Crippen LogP) is 4.37. The number of ether oxygens (including phenoxy) is 1. The minimum atomic E-state index is -0.163. The molecule has 0 N–H and O–H groups in total. The second-order valence-corrected chi connectivity index (χ2v) is 6.40. The van der Waals surface area contributed by atoms with Gasteiger partial charge >= 0.3 is 0 Å². The van der Waals surface area contributed by atoms with Gasteiger partial charge in [-0.05, 0) is 43.5 Å². The van der Waals surface area contributed by atoms with Crippen molar-refractivity contribution in [3.63, 3.8) is 0 Å². The van der Waals surface area contributed by atoms with E-state index in [0.717, 1.165) is 29.8 Å². The molecule has 134 valence electrons. The first-order valence-electron chi connectivity index (χ1n) is 8.92. The molecular formula is C22H24N2O2. The second-order valence-electron chi connectivity index (χ2n) is 6.40. The summed E-state index contributed by atoms with van der Waals surface area (Å²) >= 11 is 0. The minimum absolute atomic E-state index is 0.0296. The van der Waals surface area contributed by atoms with E-state index in [4.69, 9.17) is 4.74 Å². The van der Waals surface area contributed by atoms with E-state index in [1.165, 1.54) is 15.8 Å². The normalized spacial score (nSPS) is 10.7. The van der Waals surface area contributed by atoms with E-state index in [2.05, 4.69) is 24.2 Å². The fourth-order valence-electron chi connectivity index (χ4n) is 3.00. The zero-order valence-corrected chi connectivity index (χ0v) is 15.5. The van der Waals surface area contributed by atoms with Crippen molar-refractivity contribution in [2.45, 2.75) is 33.6 Å². The van der Waals surface area contributed by atoms with Crippen molar-refractivity contribution in [3.8, 4) is 5.75 Å². The molecule has 0 amide bonds. The van der Waals surface area contributed by atoms with Crippen molar-refractivity contribution >= 4 is 5.91 Å². The Morgan fingerprint density at radius 3 is 2.35 bits per heavy atom. The lowest BCUT2D eigenvalue weighted by molar-refractivity contribution is 0.0818. The van der Waals surface area contributed by atoms with Crippen LogP contribution in [-0.4, -0.2) is 22.3 Å². The van der Waals surface area contributed by atoms with Crippen LogP contribution in [0.4, 0.5) is 0 Å². The Labute approximate surface area is 154 Å². The van der Waals surface area contributed by atoms with Crippen LogP contribution < -0.4 is 4.74 Å². The molecular weight excluding hydrogens is 324 g/mol. The van der Waals surface area contributed by atoms with Crippen LogP contribution >= 0.6 is 0 Å². The summed E-state index contributed by atoms with van der Waals surface area (Å²) < 4.78 is 7.10. The van der Waals surface area contributed by atoms with Gasteiger partial charge in [-0.3, -0.25) is 4.79 Å². The van der Waals surface area contributed by atoms with Crippen molar-refractivity contribution in [2.75, 3.05) is 6.61 Å². The number of nitrogens with zero attached hydrogens (tertiary/aromatic N) is 2. The number of benzene rings is 2. The molecule has 4 nitrogen and oxygen atoms in total. The summed E-state index contributed by atoms with van der Waals surface area (Å²) in [6.45, 7) is 5.96. The number of aromatic nitrogens is 2. The molecule has 0 bridgehead atoms. The van der Waals surface area contributed by atoms with Crippen LogP contribution in [0.5, 0.6) is 5.75 Å². The van der Waals surface area contributed by atoms with E-state index in [1.807, 2.05) is 56.3 Å². The largest absolute Gasteiger partial charge is 0.484 e. The molecule has 0 saturated carbocycles. The van der Waals surface area contributed by atoms with Gasteiger partial charge in [0.2, 0.25) is 0 Å². The molecule has 0 radical (unpaired) electrons. The Morgan fingerprint density at radius 2 is 1.69 bits per heavy atom. The molecule has 0 aliphatic rings. The van der Waals surface area contributed by atoms with E-state index < -0.39 is 0 Å². The first-order valence-corrected chi connectivity index (χ1v) is 8.92. The Hall–Kier alpha value is -2.88. The Bertz CT molecular complexity index is 881. The van der Waals surface area contributed by atoms with Crippen LogP contribution in [0, 0.1) is 13.8 Å². The molecule has 1 aromatic heterocycles. The van der Waals surface area contributed by atoms with E-state index in [0.29, 0.717) is 5.75 Å². The molecule has 3 aromatic rings. The van der Waals surface area contributed by atoms with Crippen LogP contribution in [0.25, 0.3) is 0 Å². The van der Waals surface area contributed by atoms with E-state index in [1.54, 1.807) is 0 Å². The third-order valence-electron chi connectivity index (χ3n) is 4.60. The number of carbonyl (C=O) groups excluding carboxylic acids is 1. The lowest BCUT2D eigenvalue weighted by Gasteiger charge is -2.08. The highest BCUT2D eigenvalue weighted by Crippen LogP contribution is 2.18. The summed E-state index contributed by atoms with van der Waals surface area (Å²) in [7, 11) is 0. The second kappa shape index (κ2) is 8.00. The number of aryl methyl sites for hydroxylation is 2. The summed E-state index contributed by atoms with van der Waals surface area (Å²) in [6.07, 6.45) is 1.75. The highest BCUT2D eigenvalue weighted by molar-refractivity contribution is 5.80. The van der Waals surface area contributed by atoms with Gasteiger partial charge in [0.25, 0.3) is 5.91 Å². The molecule has 4 heteroatoms. The molecule has 0 atom stereocenters. The van der Waals surface area contributed by atoms with Gasteiger partial charge in [0.05, 0.1) is 5.69 Å². The monoisotopic (exact) mass is 348 g/mol. The fourth-order valence-corrected chi connectivity index (χ4v) is 3.00. The minimum Gasteiger partial charge on any atom is -0.484 e. The van der Waals surface area contributed by atoms with E-state index in [9.17, 15) is 4.79 Å². The molecule has 0 aliphatic heterocycles. The maximum atomic E-state index is 12.6. The molecule has 26 heavy (non-hydrogen) atoms. The van der Waals surface area contributed by atoms with Crippen LogP contribution in [0.2, 0.25) is 0 Å². The summed E-state index contributed by atoms with van der Waals surface area (Å²) in [5.41, 5.74) is 5.30. The number of carbonyl (C=O) groups is 1. The third kappa shape index (κ3) is 4.02. The SMILES string of the molecule is CCc1ccc(OCC(=O)n2nc(C)c(Cc3ccccc3)c2C)cc1. The Kier molecular flexibility index (Phi) is 5.52. The Balaban J connectivity index is 1.70. The van der Waals surface area contributed by atoms with Crippen molar-refractivity contribution < 1.29 is 9.53 Å². The first-order chi connectivity index (χ1) is 12.6. The topological polar surface area (TPSA) is 44.1 Å². The molecule has 3 rings (SSSR count). The summed E-state index contributed by atoms with van der Waals surface area (Å²) in [5.74, 6) is 0.533. The lowest BCUT2D eigenvalue weighted by Crippen LogP contribution is -2.21. The average molecular weight is 348 g/mol. The smallest absolute Gasteiger partial charge is 0.284 e. The number of hydrogen-bond acceptors (Lipinski definition) is 3. The molecule has 0 saturated heterocycles. The van der Waals surface area contributed by atoms with Crippen molar-refractivity contribution in [1.82, 2.24) is 9.78 Å². The fraction of sp³-hybridized carbons (Fsp3) is 0.273. The predicted molar refractivity (Wildman–Crippen MR) is 103 cm³/mol. The van der Waals surface area contributed by atoms with Crippen molar-refractivity contribution in [2.24, 2.45) is 0 Å². The van der Waals surface area contributed by atoms with Gasteiger partial charge in [0.15, 0.2) is 6.61 Å². The summed E-state index contributed by atoms with van der Waals surface area (Å²) in [5, 5.41) is 4.43. The third-order valence-corrected chi connectivity index (χ3v) is 4.60.